The number of nitrogens with zero attached hydrogens (tertiary/aromatic N) is 1. The molecule has 78 valence electrons. The van der Waals surface area contributed by atoms with Crippen LogP contribution in [0.2, 0.25) is 0 Å². The number of halogens is 1. The average molecular weight is 278 g/mol. The second-order valence-electron chi connectivity index (χ2n) is 2.96. The largest absolute Gasteiger partial charge is 0.224 e. The third-order valence-electron chi connectivity index (χ3n) is 1.86. The molecule has 0 aromatic heterocycles. The topological polar surface area (TPSA) is 37.4 Å². The van der Waals surface area contributed by atoms with Crippen molar-refractivity contribution in [2.24, 2.45) is 0 Å². The minimum absolute atomic E-state index is 0.0384. The van der Waals surface area contributed by atoms with Crippen molar-refractivity contribution in [3.8, 4) is 0 Å². The molecule has 1 aromatic rings. The summed E-state index contributed by atoms with van der Waals surface area (Å²) >= 11 is 2.96. The normalized spacial score (nSPS) is 11.9. The highest BCUT2D eigenvalue weighted by Crippen LogP contribution is 2.08. The van der Waals surface area contributed by atoms with Gasteiger partial charge >= 0.3 is 0 Å². The van der Waals surface area contributed by atoms with Crippen molar-refractivity contribution in [3.05, 3.63) is 35.9 Å². The predicted molar refractivity (Wildman–Crippen MR) is 60.6 cm³/mol. The van der Waals surface area contributed by atoms with Gasteiger partial charge in [0.15, 0.2) is 0 Å². The molecule has 0 saturated heterocycles. The van der Waals surface area contributed by atoms with E-state index in [2.05, 4.69) is 15.9 Å². The number of sulfonamides is 1. The van der Waals surface area contributed by atoms with Crippen LogP contribution in [0.1, 0.15) is 5.56 Å². The Bertz CT molecular complexity index is 377. The lowest BCUT2D eigenvalue weighted by Crippen LogP contribution is -2.26. The van der Waals surface area contributed by atoms with Gasteiger partial charge in [-0.1, -0.05) is 46.3 Å². The van der Waals surface area contributed by atoms with E-state index >= 15 is 0 Å². The molecule has 0 amide bonds. The summed E-state index contributed by atoms with van der Waals surface area (Å²) in [6, 6.07) is 9.50. The van der Waals surface area contributed by atoms with Crippen molar-refractivity contribution in [3.63, 3.8) is 0 Å². The van der Waals surface area contributed by atoms with Crippen molar-refractivity contribution in [2.75, 3.05) is 11.7 Å². The number of rotatable bonds is 4. The van der Waals surface area contributed by atoms with Crippen LogP contribution >= 0.6 is 15.9 Å². The zero-order chi connectivity index (χ0) is 10.6. The van der Waals surface area contributed by atoms with Gasteiger partial charge in [-0.05, 0) is 5.56 Å². The number of benzene rings is 1. The molecule has 0 heterocycles. The number of hydrogen-bond donors (Lipinski definition) is 0. The summed E-state index contributed by atoms with van der Waals surface area (Å²) < 4.78 is 24.1. The monoisotopic (exact) mass is 277 g/mol. The first-order valence-electron chi connectivity index (χ1n) is 4.10. The fraction of sp³-hybridized carbons (Fsp3) is 0.333. The van der Waals surface area contributed by atoms with Crippen LogP contribution in [0, 0.1) is 0 Å². The summed E-state index contributed by atoms with van der Waals surface area (Å²) in [5.41, 5.74) is 0.986. The molecule has 0 aliphatic rings. The van der Waals surface area contributed by atoms with Crippen LogP contribution in [0.15, 0.2) is 30.3 Å². The molecule has 5 heteroatoms. The summed E-state index contributed by atoms with van der Waals surface area (Å²) in [6.45, 7) is 0.411. The lowest BCUT2D eigenvalue weighted by molar-refractivity contribution is 0.471. The molecular weight excluding hydrogens is 266 g/mol. The van der Waals surface area contributed by atoms with E-state index in [0.29, 0.717) is 6.54 Å². The summed E-state index contributed by atoms with van der Waals surface area (Å²) in [6.07, 6.45) is 0. The molecule has 0 atom stereocenters. The Kier molecular flexibility index (Phi) is 4.10. The molecule has 1 rings (SSSR count). The van der Waals surface area contributed by atoms with E-state index in [1.807, 2.05) is 30.3 Å². The van der Waals surface area contributed by atoms with Gasteiger partial charge in [0.05, 0.1) is 0 Å². The van der Waals surface area contributed by atoms with E-state index in [9.17, 15) is 8.42 Å². The summed E-state index contributed by atoms with van der Waals surface area (Å²) in [5.74, 6) is 0. The summed E-state index contributed by atoms with van der Waals surface area (Å²) in [7, 11) is -1.57. The van der Waals surface area contributed by atoms with Crippen LogP contribution in [0.25, 0.3) is 0 Å². The van der Waals surface area contributed by atoms with E-state index < -0.39 is 10.0 Å². The smallest absolute Gasteiger partial charge is 0.211 e. The molecule has 3 nitrogen and oxygen atoms in total. The van der Waals surface area contributed by atoms with Gasteiger partial charge in [0.1, 0.15) is 4.66 Å². The zero-order valence-corrected chi connectivity index (χ0v) is 10.3. The molecule has 0 aliphatic heterocycles. The van der Waals surface area contributed by atoms with Crippen LogP contribution in [0.4, 0.5) is 0 Å². The zero-order valence-electron chi connectivity index (χ0n) is 7.85. The Morgan fingerprint density at radius 2 is 1.86 bits per heavy atom. The van der Waals surface area contributed by atoms with Gasteiger partial charge in [0.25, 0.3) is 0 Å². The molecule has 0 fully saturated rings. The Morgan fingerprint density at radius 3 is 2.36 bits per heavy atom. The van der Waals surface area contributed by atoms with E-state index in [0.717, 1.165) is 5.56 Å². The standard InChI is InChI=1S/C9H12BrNO2S/c1-11(14(12,13)8-10)7-9-5-3-2-4-6-9/h2-6H,7-8H2,1H3. The second kappa shape index (κ2) is 4.91. The lowest BCUT2D eigenvalue weighted by atomic mass is 10.2. The van der Waals surface area contributed by atoms with E-state index in [1.165, 1.54) is 4.31 Å². The Balaban J connectivity index is 2.72. The molecule has 14 heavy (non-hydrogen) atoms. The number of hydrogen-bond acceptors (Lipinski definition) is 2. The SMILES string of the molecule is CN(Cc1ccccc1)S(=O)(=O)CBr. The Morgan fingerprint density at radius 1 is 1.29 bits per heavy atom. The van der Waals surface area contributed by atoms with Crippen molar-refractivity contribution in [1.82, 2.24) is 4.31 Å². The van der Waals surface area contributed by atoms with E-state index in [1.54, 1.807) is 7.05 Å². The maximum absolute atomic E-state index is 11.4. The molecule has 0 aliphatic carbocycles. The van der Waals surface area contributed by atoms with Gasteiger partial charge in [0, 0.05) is 13.6 Å². The first kappa shape index (κ1) is 11.7. The molecule has 0 unspecified atom stereocenters. The first-order chi connectivity index (χ1) is 6.56. The third kappa shape index (κ3) is 3.08. The first-order valence-corrected chi connectivity index (χ1v) is 6.83. The van der Waals surface area contributed by atoms with Gasteiger partial charge < -0.3 is 0 Å². The second-order valence-corrected chi connectivity index (χ2v) is 6.34. The fourth-order valence-electron chi connectivity index (χ4n) is 1.02. The lowest BCUT2D eigenvalue weighted by Gasteiger charge is -2.15. The summed E-state index contributed by atoms with van der Waals surface area (Å²) in [4.78, 5) is 0. The van der Waals surface area contributed by atoms with Crippen LogP contribution in [0.3, 0.4) is 0 Å². The van der Waals surface area contributed by atoms with Crippen molar-refractivity contribution in [1.29, 1.82) is 0 Å². The van der Waals surface area contributed by atoms with Crippen molar-refractivity contribution < 1.29 is 8.42 Å². The van der Waals surface area contributed by atoms with Crippen LogP contribution in [-0.2, 0) is 16.6 Å². The molecule has 0 N–H and O–H groups in total. The van der Waals surface area contributed by atoms with Crippen LogP contribution in [-0.4, -0.2) is 24.4 Å². The van der Waals surface area contributed by atoms with Gasteiger partial charge in [-0.3, -0.25) is 0 Å². The van der Waals surface area contributed by atoms with Gasteiger partial charge in [-0.2, -0.15) is 4.31 Å². The predicted octanol–water partition coefficient (Wildman–Crippen LogP) is 1.80. The molecule has 0 spiro atoms. The highest BCUT2D eigenvalue weighted by atomic mass is 79.9. The van der Waals surface area contributed by atoms with E-state index in [4.69, 9.17) is 0 Å². The van der Waals surface area contributed by atoms with Gasteiger partial charge in [-0.25, -0.2) is 8.42 Å². The quantitative estimate of drug-likeness (QED) is 0.788. The van der Waals surface area contributed by atoms with Crippen molar-refractivity contribution in [2.45, 2.75) is 6.54 Å². The summed E-state index contributed by atoms with van der Waals surface area (Å²) in [5, 5.41) is 0. The van der Waals surface area contributed by atoms with Crippen LogP contribution in [0.5, 0.6) is 0 Å². The Hall–Kier alpha value is -0.390. The van der Waals surface area contributed by atoms with E-state index in [-0.39, 0.29) is 4.66 Å². The molecular formula is C9H12BrNO2S. The fourth-order valence-corrected chi connectivity index (χ4v) is 2.58. The third-order valence-corrected chi connectivity index (χ3v) is 4.95. The minimum atomic E-state index is -3.15. The molecule has 0 saturated carbocycles. The average Bonchev–Trinajstić information content (AvgIpc) is 2.19. The number of alkyl halides is 1. The molecule has 0 bridgehead atoms. The highest BCUT2D eigenvalue weighted by molar-refractivity contribution is 9.10. The minimum Gasteiger partial charge on any atom is -0.211 e. The molecule has 0 radical (unpaired) electrons. The van der Waals surface area contributed by atoms with Gasteiger partial charge in [-0.15, -0.1) is 0 Å². The van der Waals surface area contributed by atoms with Crippen LogP contribution < -0.4 is 0 Å². The highest BCUT2D eigenvalue weighted by Gasteiger charge is 2.15. The van der Waals surface area contributed by atoms with Gasteiger partial charge in [0.2, 0.25) is 10.0 Å². The Labute approximate surface area is 92.9 Å². The molecule has 1 aromatic carbocycles. The van der Waals surface area contributed by atoms with Crippen molar-refractivity contribution >= 4 is 26.0 Å². The maximum atomic E-state index is 11.4. The maximum Gasteiger partial charge on any atom is 0.224 e.